The molecule has 0 atom stereocenters. The van der Waals surface area contributed by atoms with Gasteiger partial charge in [0.15, 0.2) is 11.6 Å². The molecule has 0 bridgehead atoms. The van der Waals surface area contributed by atoms with Gasteiger partial charge in [0.2, 0.25) is 0 Å². The summed E-state index contributed by atoms with van der Waals surface area (Å²) < 4.78 is 10.6. The summed E-state index contributed by atoms with van der Waals surface area (Å²) in [5.41, 5.74) is 1.82. The molecule has 29 heavy (non-hydrogen) atoms. The molecule has 0 fully saturated rings. The summed E-state index contributed by atoms with van der Waals surface area (Å²) in [6.45, 7) is 4.44. The normalized spacial score (nSPS) is 10.6. The molecule has 0 aliphatic rings. The van der Waals surface area contributed by atoms with Crippen molar-refractivity contribution in [1.82, 2.24) is 15.1 Å². The van der Waals surface area contributed by atoms with Gasteiger partial charge < -0.3 is 19.9 Å². The largest absolute Gasteiger partial charge is 0.494 e. The fraction of sp³-hybridized carbons (Fsp3) is 0.136. The minimum Gasteiger partial charge on any atom is -0.494 e. The van der Waals surface area contributed by atoms with Crippen LogP contribution in [0.15, 0.2) is 71.3 Å². The first-order chi connectivity index (χ1) is 14.2. The molecule has 7 heteroatoms. The number of hydrogen-bond acceptors (Lipinski definition) is 7. The molecule has 4 rings (SSSR count). The first kappa shape index (κ1) is 18.5. The van der Waals surface area contributed by atoms with Crippen LogP contribution in [0.25, 0.3) is 11.4 Å². The minimum atomic E-state index is 0.590. The molecule has 0 spiro atoms. The van der Waals surface area contributed by atoms with Crippen LogP contribution in [0.4, 0.5) is 23.1 Å². The van der Waals surface area contributed by atoms with E-state index in [9.17, 15) is 0 Å². The highest BCUT2D eigenvalue weighted by Gasteiger charge is 2.09. The molecular formula is C22H21N5O2. The molecule has 2 aromatic carbocycles. The second-order valence-corrected chi connectivity index (χ2v) is 6.36. The summed E-state index contributed by atoms with van der Waals surface area (Å²) in [5, 5.41) is 10.5. The Kier molecular flexibility index (Phi) is 5.38. The van der Waals surface area contributed by atoms with Crippen LogP contribution in [0.5, 0.6) is 5.75 Å². The van der Waals surface area contributed by atoms with Crippen LogP contribution in [-0.4, -0.2) is 21.7 Å². The van der Waals surface area contributed by atoms with Crippen molar-refractivity contribution in [2.45, 2.75) is 13.8 Å². The number of rotatable bonds is 7. The van der Waals surface area contributed by atoms with E-state index < -0.39 is 0 Å². The fourth-order valence-corrected chi connectivity index (χ4v) is 2.80. The maximum Gasteiger partial charge on any atom is 0.175 e. The van der Waals surface area contributed by atoms with Gasteiger partial charge in [0, 0.05) is 23.4 Å². The van der Waals surface area contributed by atoms with Crippen LogP contribution in [0.2, 0.25) is 0 Å². The van der Waals surface area contributed by atoms with Crippen LogP contribution in [0.3, 0.4) is 0 Å². The molecule has 0 radical (unpaired) electrons. The maximum atomic E-state index is 5.50. The highest BCUT2D eigenvalue weighted by atomic mass is 16.5. The predicted molar refractivity (Wildman–Crippen MR) is 113 cm³/mol. The molecule has 0 unspecified atom stereocenters. The maximum absolute atomic E-state index is 5.50. The lowest BCUT2D eigenvalue weighted by molar-refractivity contribution is 0.340. The Morgan fingerprint density at radius 2 is 1.59 bits per heavy atom. The Bertz CT molecular complexity index is 1080. The molecule has 0 aliphatic carbocycles. The van der Waals surface area contributed by atoms with Gasteiger partial charge in [-0.05, 0) is 38.1 Å². The number of benzene rings is 2. The zero-order chi connectivity index (χ0) is 20.1. The third-order valence-corrected chi connectivity index (χ3v) is 4.08. The van der Waals surface area contributed by atoms with Crippen molar-refractivity contribution in [3.63, 3.8) is 0 Å². The lowest BCUT2D eigenvalue weighted by Crippen LogP contribution is -2.02. The van der Waals surface area contributed by atoms with Crippen molar-refractivity contribution in [2.24, 2.45) is 0 Å². The second kappa shape index (κ2) is 8.43. The van der Waals surface area contributed by atoms with Gasteiger partial charge in [-0.3, -0.25) is 0 Å². The monoisotopic (exact) mass is 387 g/mol. The molecule has 2 N–H and O–H groups in total. The Balaban J connectivity index is 1.65. The van der Waals surface area contributed by atoms with Crippen molar-refractivity contribution < 1.29 is 9.26 Å². The van der Waals surface area contributed by atoms with Crippen LogP contribution < -0.4 is 15.4 Å². The van der Waals surface area contributed by atoms with E-state index in [0.29, 0.717) is 29.9 Å². The number of nitrogens with zero attached hydrogens (tertiary/aromatic N) is 3. The van der Waals surface area contributed by atoms with Crippen molar-refractivity contribution in [3.05, 3.63) is 72.5 Å². The molecular weight excluding hydrogens is 366 g/mol. The first-order valence-electron chi connectivity index (χ1n) is 9.34. The van der Waals surface area contributed by atoms with E-state index >= 15 is 0 Å². The Hall–Kier alpha value is -3.87. The van der Waals surface area contributed by atoms with E-state index in [4.69, 9.17) is 9.26 Å². The zero-order valence-electron chi connectivity index (χ0n) is 16.2. The van der Waals surface area contributed by atoms with E-state index in [1.807, 2.05) is 80.6 Å². The topological polar surface area (TPSA) is 85.1 Å². The SMILES string of the molecule is CCOc1ccc(Nc2cc(Nc3cc(C)on3)nc(-c3ccccc3)n2)cc1. The lowest BCUT2D eigenvalue weighted by atomic mass is 10.2. The lowest BCUT2D eigenvalue weighted by Gasteiger charge is -2.11. The van der Waals surface area contributed by atoms with Gasteiger partial charge in [-0.1, -0.05) is 35.5 Å². The number of aryl methyl sites for hydroxylation is 1. The van der Waals surface area contributed by atoms with E-state index in [0.717, 1.165) is 22.8 Å². The quantitative estimate of drug-likeness (QED) is 0.443. The summed E-state index contributed by atoms with van der Waals surface area (Å²) in [4.78, 5) is 9.29. The van der Waals surface area contributed by atoms with Gasteiger partial charge in [-0.25, -0.2) is 9.97 Å². The van der Waals surface area contributed by atoms with E-state index in [-0.39, 0.29) is 0 Å². The highest BCUT2D eigenvalue weighted by Crippen LogP contribution is 2.25. The van der Waals surface area contributed by atoms with Crippen LogP contribution in [0.1, 0.15) is 12.7 Å². The van der Waals surface area contributed by atoms with Gasteiger partial charge >= 0.3 is 0 Å². The Morgan fingerprint density at radius 1 is 0.862 bits per heavy atom. The van der Waals surface area contributed by atoms with Crippen LogP contribution in [0, 0.1) is 6.92 Å². The first-order valence-corrected chi connectivity index (χ1v) is 9.34. The fourth-order valence-electron chi connectivity index (χ4n) is 2.80. The third-order valence-electron chi connectivity index (χ3n) is 4.08. The summed E-state index contributed by atoms with van der Waals surface area (Å²) in [7, 11) is 0. The Morgan fingerprint density at radius 3 is 2.24 bits per heavy atom. The molecule has 2 heterocycles. The molecule has 0 saturated heterocycles. The summed E-state index contributed by atoms with van der Waals surface area (Å²) in [6.07, 6.45) is 0. The number of anilines is 4. The number of hydrogen-bond donors (Lipinski definition) is 2. The molecule has 0 aliphatic heterocycles. The van der Waals surface area contributed by atoms with Crippen molar-refractivity contribution in [3.8, 4) is 17.1 Å². The van der Waals surface area contributed by atoms with Gasteiger partial charge in [0.05, 0.1) is 6.61 Å². The van der Waals surface area contributed by atoms with Gasteiger partial charge in [-0.15, -0.1) is 0 Å². The van der Waals surface area contributed by atoms with Crippen LogP contribution in [-0.2, 0) is 0 Å². The van der Waals surface area contributed by atoms with E-state index in [1.165, 1.54) is 0 Å². The van der Waals surface area contributed by atoms with Gasteiger partial charge in [0.25, 0.3) is 0 Å². The second-order valence-electron chi connectivity index (χ2n) is 6.36. The minimum absolute atomic E-state index is 0.590. The molecule has 0 saturated carbocycles. The molecule has 4 aromatic rings. The standard InChI is InChI=1S/C22H21N5O2/c1-3-28-18-11-9-17(10-12-18)23-19-14-20(24-21-13-15(2)29-27-21)26-22(25-19)16-7-5-4-6-8-16/h4-14H,3H2,1-2H3,(H2,23,24,25,26,27). The number of aromatic nitrogens is 3. The summed E-state index contributed by atoms with van der Waals surface area (Å²) >= 11 is 0. The smallest absolute Gasteiger partial charge is 0.175 e. The predicted octanol–water partition coefficient (Wildman–Crippen LogP) is 5.33. The molecule has 2 aromatic heterocycles. The molecule has 146 valence electrons. The van der Waals surface area contributed by atoms with Crippen molar-refractivity contribution >= 4 is 23.1 Å². The molecule has 0 amide bonds. The van der Waals surface area contributed by atoms with Crippen LogP contribution >= 0.6 is 0 Å². The third kappa shape index (κ3) is 4.70. The van der Waals surface area contributed by atoms with Crippen molar-refractivity contribution in [1.29, 1.82) is 0 Å². The number of nitrogens with one attached hydrogen (secondary N) is 2. The average Bonchev–Trinajstić information content (AvgIpc) is 3.15. The number of ether oxygens (including phenoxy) is 1. The average molecular weight is 387 g/mol. The summed E-state index contributed by atoms with van der Waals surface area (Å²) in [6, 6.07) is 21.2. The summed E-state index contributed by atoms with van der Waals surface area (Å²) in [5.74, 6) is 4.01. The van der Waals surface area contributed by atoms with E-state index in [2.05, 4.69) is 25.8 Å². The zero-order valence-corrected chi connectivity index (χ0v) is 16.2. The highest BCUT2D eigenvalue weighted by molar-refractivity contribution is 5.67. The van der Waals surface area contributed by atoms with Crippen molar-refractivity contribution in [2.75, 3.05) is 17.2 Å². The van der Waals surface area contributed by atoms with Gasteiger partial charge in [-0.2, -0.15) is 0 Å². The Labute approximate surface area is 168 Å². The van der Waals surface area contributed by atoms with Gasteiger partial charge in [0.1, 0.15) is 23.1 Å². The van der Waals surface area contributed by atoms with E-state index in [1.54, 1.807) is 0 Å². The molecule has 7 nitrogen and oxygen atoms in total.